The Morgan fingerprint density at radius 2 is 2.45 bits per heavy atom. The molecule has 0 bridgehead atoms. The van der Waals surface area contributed by atoms with Crippen molar-refractivity contribution in [3.63, 3.8) is 0 Å². The van der Waals surface area contributed by atoms with Gasteiger partial charge in [0.05, 0.1) is 0 Å². The van der Waals surface area contributed by atoms with Crippen molar-refractivity contribution in [3.8, 4) is 0 Å². The van der Waals surface area contributed by atoms with Crippen molar-refractivity contribution >= 4 is 0 Å². The highest BCUT2D eigenvalue weighted by atomic mass is 14.7. The van der Waals surface area contributed by atoms with E-state index < -0.39 is 0 Å². The number of aromatic nitrogens is 1. The molecule has 11 heavy (non-hydrogen) atoms. The number of rotatable bonds is 2. The lowest BCUT2D eigenvalue weighted by Crippen LogP contribution is -1.85. The van der Waals surface area contributed by atoms with Crippen LogP contribution in [0.15, 0.2) is 24.4 Å². The van der Waals surface area contributed by atoms with E-state index in [9.17, 15) is 0 Å². The molecule has 1 nitrogen and oxygen atoms in total. The maximum Gasteiger partial charge on any atom is 0.0437 e. The zero-order chi connectivity index (χ0) is 7.68. The summed E-state index contributed by atoms with van der Waals surface area (Å²) in [6, 6.07) is 6.19. The predicted octanol–water partition coefficient (Wildman–Crippen LogP) is 2.60. The first-order valence-electron chi connectivity index (χ1n) is 4.32. The smallest absolute Gasteiger partial charge is 0.0437 e. The fraction of sp³-hybridized carbons (Fsp3) is 0.500. The van der Waals surface area contributed by atoms with Crippen molar-refractivity contribution in [1.82, 2.24) is 4.98 Å². The average molecular weight is 147 g/mol. The van der Waals surface area contributed by atoms with Crippen LogP contribution < -0.4 is 0 Å². The zero-order valence-electron chi connectivity index (χ0n) is 6.83. The van der Waals surface area contributed by atoms with E-state index in [-0.39, 0.29) is 0 Å². The molecule has 1 saturated carbocycles. The number of pyridine rings is 1. The molecule has 1 aliphatic carbocycles. The molecule has 1 fully saturated rings. The van der Waals surface area contributed by atoms with Gasteiger partial charge in [0.1, 0.15) is 0 Å². The van der Waals surface area contributed by atoms with Crippen molar-refractivity contribution in [2.75, 3.05) is 0 Å². The Hall–Kier alpha value is -0.850. The average Bonchev–Trinajstić information content (AvgIpc) is 2.85. The molecule has 0 amide bonds. The third kappa shape index (κ3) is 1.28. The summed E-state index contributed by atoms with van der Waals surface area (Å²) in [5, 5.41) is 0. The molecule has 0 unspecified atom stereocenters. The minimum absolute atomic E-state index is 0.779. The second-order valence-electron chi connectivity index (χ2n) is 3.27. The van der Waals surface area contributed by atoms with Crippen LogP contribution in [0.1, 0.15) is 31.4 Å². The standard InChI is InChI=1S/C10H13N/c1-2-8-7-9(8)10-5-3-4-6-11-10/h3-6,8-9H,2,7H2,1H3/t8-,9-/m1/s1. The molecule has 2 atom stereocenters. The van der Waals surface area contributed by atoms with Gasteiger partial charge in [-0.05, 0) is 24.5 Å². The van der Waals surface area contributed by atoms with Crippen LogP contribution in [0.25, 0.3) is 0 Å². The van der Waals surface area contributed by atoms with Crippen molar-refractivity contribution in [2.24, 2.45) is 5.92 Å². The molecule has 0 aromatic carbocycles. The largest absolute Gasteiger partial charge is 0.261 e. The van der Waals surface area contributed by atoms with Crippen LogP contribution in [0.4, 0.5) is 0 Å². The quantitative estimate of drug-likeness (QED) is 0.626. The summed E-state index contributed by atoms with van der Waals surface area (Å²) in [5.41, 5.74) is 1.29. The SMILES string of the molecule is CC[C@@H]1C[C@H]1c1ccccn1. The third-order valence-electron chi connectivity index (χ3n) is 2.51. The predicted molar refractivity (Wildman–Crippen MR) is 45.4 cm³/mol. The fourth-order valence-electron chi connectivity index (χ4n) is 1.66. The van der Waals surface area contributed by atoms with Crippen molar-refractivity contribution in [3.05, 3.63) is 30.1 Å². The minimum atomic E-state index is 0.779. The Balaban J connectivity index is 2.09. The molecule has 0 aliphatic heterocycles. The molecule has 2 rings (SSSR count). The van der Waals surface area contributed by atoms with Crippen molar-refractivity contribution in [1.29, 1.82) is 0 Å². The molecule has 1 aromatic heterocycles. The van der Waals surface area contributed by atoms with Crippen LogP contribution in [0.3, 0.4) is 0 Å². The van der Waals surface area contributed by atoms with Crippen LogP contribution in [0.5, 0.6) is 0 Å². The highest BCUT2D eigenvalue weighted by Crippen LogP contribution is 2.48. The Morgan fingerprint density at radius 3 is 3.00 bits per heavy atom. The second-order valence-corrected chi connectivity index (χ2v) is 3.27. The summed E-state index contributed by atoms with van der Waals surface area (Å²) < 4.78 is 0. The molecule has 1 aromatic rings. The van der Waals surface area contributed by atoms with Crippen LogP contribution in [-0.2, 0) is 0 Å². The van der Waals surface area contributed by atoms with E-state index >= 15 is 0 Å². The van der Waals surface area contributed by atoms with Gasteiger partial charge in [-0.1, -0.05) is 19.4 Å². The zero-order valence-corrected chi connectivity index (χ0v) is 6.83. The lowest BCUT2D eigenvalue weighted by atomic mass is 10.2. The Morgan fingerprint density at radius 1 is 1.55 bits per heavy atom. The number of hydrogen-bond acceptors (Lipinski definition) is 1. The summed E-state index contributed by atoms with van der Waals surface area (Å²) in [4.78, 5) is 4.34. The second kappa shape index (κ2) is 2.65. The van der Waals surface area contributed by atoms with E-state index in [0.29, 0.717) is 0 Å². The van der Waals surface area contributed by atoms with Gasteiger partial charge in [-0.25, -0.2) is 0 Å². The normalized spacial score (nSPS) is 28.5. The van der Waals surface area contributed by atoms with Gasteiger partial charge in [0, 0.05) is 17.8 Å². The van der Waals surface area contributed by atoms with E-state index in [1.807, 2.05) is 12.3 Å². The van der Waals surface area contributed by atoms with Gasteiger partial charge in [0.15, 0.2) is 0 Å². The summed E-state index contributed by atoms with van der Waals surface area (Å²) in [6.45, 7) is 2.26. The molecule has 1 aliphatic rings. The van der Waals surface area contributed by atoms with Crippen molar-refractivity contribution < 1.29 is 0 Å². The Bertz CT molecular complexity index is 230. The molecule has 0 N–H and O–H groups in total. The van der Waals surface area contributed by atoms with Gasteiger partial charge in [0.25, 0.3) is 0 Å². The first kappa shape index (κ1) is 6.84. The first-order chi connectivity index (χ1) is 5.42. The Labute approximate surface area is 67.5 Å². The molecule has 0 spiro atoms. The lowest BCUT2D eigenvalue weighted by molar-refractivity contribution is 0.756. The van der Waals surface area contributed by atoms with Gasteiger partial charge < -0.3 is 0 Å². The maximum absolute atomic E-state index is 4.34. The number of hydrogen-bond donors (Lipinski definition) is 0. The molecular weight excluding hydrogens is 134 g/mol. The molecular formula is C10H13N. The van der Waals surface area contributed by atoms with E-state index in [0.717, 1.165) is 11.8 Å². The first-order valence-corrected chi connectivity index (χ1v) is 4.32. The summed E-state index contributed by atoms with van der Waals surface area (Å²) >= 11 is 0. The summed E-state index contributed by atoms with van der Waals surface area (Å²) in [6.07, 6.45) is 4.55. The molecule has 58 valence electrons. The fourth-order valence-corrected chi connectivity index (χ4v) is 1.66. The highest BCUT2D eigenvalue weighted by Gasteiger charge is 2.37. The Kier molecular flexibility index (Phi) is 1.65. The van der Waals surface area contributed by atoms with E-state index in [1.165, 1.54) is 18.5 Å². The van der Waals surface area contributed by atoms with Gasteiger partial charge in [-0.2, -0.15) is 0 Å². The summed E-state index contributed by atoms with van der Waals surface area (Å²) in [7, 11) is 0. The van der Waals surface area contributed by atoms with Crippen LogP contribution in [0.2, 0.25) is 0 Å². The van der Waals surface area contributed by atoms with Gasteiger partial charge in [0.2, 0.25) is 0 Å². The van der Waals surface area contributed by atoms with Gasteiger partial charge >= 0.3 is 0 Å². The molecule has 0 saturated heterocycles. The lowest BCUT2D eigenvalue weighted by Gasteiger charge is -1.95. The van der Waals surface area contributed by atoms with E-state index in [1.54, 1.807) is 0 Å². The van der Waals surface area contributed by atoms with Gasteiger partial charge in [-0.15, -0.1) is 0 Å². The van der Waals surface area contributed by atoms with E-state index in [2.05, 4.69) is 24.0 Å². The molecule has 1 heteroatoms. The highest BCUT2D eigenvalue weighted by molar-refractivity contribution is 5.17. The minimum Gasteiger partial charge on any atom is -0.261 e. The number of nitrogens with zero attached hydrogens (tertiary/aromatic N) is 1. The topological polar surface area (TPSA) is 12.9 Å². The van der Waals surface area contributed by atoms with Gasteiger partial charge in [-0.3, -0.25) is 4.98 Å². The van der Waals surface area contributed by atoms with E-state index in [4.69, 9.17) is 0 Å². The van der Waals surface area contributed by atoms with Crippen LogP contribution in [0, 0.1) is 5.92 Å². The molecule has 0 radical (unpaired) electrons. The maximum atomic E-state index is 4.34. The summed E-state index contributed by atoms with van der Waals surface area (Å²) in [5.74, 6) is 1.70. The molecule has 1 heterocycles. The van der Waals surface area contributed by atoms with Crippen LogP contribution >= 0.6 is 0 Å². The third-order valence-corrected chi connectivity index (χ3v) is 2.51. The van der Waals surface area contributed by atoms with Crippen molar-refractivity contribution in [2.45, 2.75) is 25.7 Å². The monoisotopic (exact) mass is 147 g/mol. The van der Waals surface area contributed by atoms with Crippen LogP contribution in [-0.4, -0.2) is 4.98 Å².